The summed E-state index contributed by atoms with van der Waals surface area (Å²) in [6.45, 7) is -0.159. The van der Waals surface area contributed by atoms with Crippen LogP contribution < -0.4 is 10.5 Å². The first kappa shape index (κ1) is 17.3. The molecule has 0 fully saturated rings. The van der Waals surface area contributed by atoms with Gasteiger partial charge in [0.05, 0.1) is 25.0 Å². The van der Waals surface area contributed by atoms with E-state index in [9.17, 15) is 8.42 Å². The number of anilines is 1. The van der Waals surface area contributed by atoms with E-state index in [0.717, 1.165) is 4.90 Å². The Labute approximate surface area is 123 Å². The van der Waals surface area contributed by atoms with Gasteiger partial charge in [-0.2, -0.15) is 0 Å². The third-order valence-electron chi connectivity index (χ3n) is 2.41. The van der Waals surface area contributed by atoms with Crippen molar-refractivity contribution in [2.75, 3.05) is 37.6 Å². The summed E-state index contributed by atoms with van der Waals surface area (Å²) in [6.07, 6.45) is 0. The van der Waals surface area contributed by atoms with Crippen LogP contribution in [-0.2, 0) is 14.8 Å². The molecular formula is C12H20N2O4S2. The minimum Gasteiger partial charge on any atom is -0.399 e. The number of thioether (sulfide) groups is 1. The number of ether oxygens (including phenoxy) is 1. The second-order valence-corrected chi connectivity index (χ2v) is 7.23. The molecule has 20 heavy (non-hydrogen) atoms. The highest BCUT2D eigenvalue weighted by Crippen LogP contribution is 2.20. The largest absolute Gasteiger partial charge is 0.399 e. The summed E-state index contributed by atoms with van der Waals surface area (Å²) in [5.74, 6) is 0.372. The average Bonchev–Trinajstić information content (AvgIpc) is 2.38. The van der Waals surface area contributed by atoms with Crippen molar-refractivity contribution in [2.24, 2.45) is 0 Å². The maximum atomic E-state index is 11.8. The zero-order chi connectivity index (χ0) is 15.0. The van der Waals surface area contributed by atoms with Gasteiger partial charge in [-0.1, -0.05) is 6.07 Å². The predicted molar refractivity (Wildman–Crippen MR) is 81.3 cm³/mol. The number of nitrogens with one attached hydrogen (secondary N) is 1. The van der Waals surface area contributed by atoms with Crippen LogP contribution in [0.3, 0.4) is 0 Å². The van der Waals surface area contributed by atoms with Gasteiger partial charge in [0.25, 0.3) is 0 Å². The molecule has 1 aromatic rings. The zero-order valence-electron chi connectivity index (χ0n) is 11.3. The number of aliphatic hydroxyl groups is 1. The standard InChI is InChI=1S/C12H20N2O4S2/c1-18-9-11(8-15)14-20(16,17)6-5-19-12-4-2-3-10(13)7-12/h2-4,7,11,14-15H,5-6,8-9,13H2,1H3. The van der Waals surface area contributed by atoms with E-state index >= 15 is 0 Å². The zero-order valence-corrected chi connectivity index (χ0v) is 12.9. The quantitative estimate of drug-likeness (QED) is 0.446. The van der Waals surface area contributed by atoms with Gasteiger partial charge in [-0.15, -0.1) is 11.8 Å². The molecule has 1 unspecified atom stereocenters. The van der Waals surface area contributed by atoms with Gasteiger partial charge >= 0.3 is 0 Å². The Morgan fingerprint density at radius 3 is 2.85 bits per heavy atom. The number of hydrogen-bond acceptors (Lipinski definition) is 6. The van der Waals surface area contributed by atoms with Crippen LogP contribution in [0.5, 0.6) is 0 Å². The summed E-state index contributed by atoms with van der Waals surface area (Å²) in [7, 11) is -1.99. The van der Waals surface area contributed by atoms with Crippen LogP contribution in [0.2, 0.25) is 0 Å². The molecule has 0 aliphatic carbocycles. The van der Waals surface area contributed by atoms with E-state index in [1.165, 1.54) is 18.9 Å². The number of benzene rings is 1. The molecular weight excluding hydrogens is 300 g/mol. The smallest absolute Gasteiger partial charge is 0.212 e. The maximum absolute atomic E-state index is 11.8. The van der Waals surface area contributed by atoms with Crippen molar-refractivity contribution in [2.45, 2.75) is 10.9 Å². The first-order valence-corrected chi connectivity index (χ1v) is 8.69. The van der Waals surface area contributed by atoms with Crippen molar-refractivity contribution in [3.63, 3.8) is 0 Å². The molecule has 1 atom stereocenters. The Kier molecular flexibility index (Phi) is 7.31. The first-order chi connectivity index (χ1) is 9.46. The Hall–Kier alpha value is -0.800. The van der Waals surface area contributed by atoms with Crippen LogP contribution in [0.4, 0.5) is 5.69 Å². The lowest BCUT2D eigenvalue weighted by atomic mass is 10.3. The van der Waals surface area contributed by atoms with E-state index in [1.807, 2.05) is 12.1 Å². The molecule has 0 radical (unpaired) electrons. The molecule has 0 aromatic heterocycles. The molecule has 0 aliphatic rings. The van der Waals surface area contributed by atoms with Crippen LogP contribution >= 0.6 is 11.8 Å². The van der Waals surface area contributed by atoms with E-state index in [0.29, 0.717) is 11.4 Å². The Morgan fingerprint density at radius 1 is 1.50 bits per heavy atom. The van der Waals surface area contributed by atoms with E-state index in [-0.39, 0.29) is 19.0 Å². The molecule has 1 rings (SSSR count). The topological polar surface area (TPSA) is 102 Å². The van der Waals surface area contributed by atoms with Gasteiger partial charge < -0.3 is 15.6 Å². The second-order valence-electron chi connectivity index (χ2n) is 4.19. The maximum Gasteiger partial charge on any atom is 0.212 e. The van der Waals surface area contributed by atoms with Gasteiger partial charge in [-0.3, -0.25) is 0 Å². The van der Waals surface area contributed by atoms with Crippen LogP contribution in [-0.4, -0.2) is 51.4 Å². The van der Waals surface area contributed by atoms with Crippen molar-refractivity contribution in [3.05, 3.63) is 24.3 Å². The molecule has 0 saturated carbocycles. The average molecular weight is 320 g/mol. The number of sulfonamides is 1. The monoisotopic (exact) mass is 320 g/mol. The van der Waals surface area contributed by atoms with Gasteiger partial charge in [0, 0.05) is 23.4 Å². The summed E-state index contributed by atoms with van der Waals surface area (Å²) < 4.78 is 30.9. The fraction of sp³-hybridized carbons (Fsp3) is 0.500. The van der Waals surface area contributed by atoms with E-state index in [4.69, 9.17) is 15.6 Å². The molecule has 6 nitrogen and oxygen atoms in total. The van der Waals surface area contributed by atoms with Gasteiger partial charge in [0.15, 0.2) is 0 Å². The van der Waals surface area contributed by atoms with Crippen molar-refractivity contribution >= 4 is 27.5 Å². The highest BCUT2D eigenvalue weighted by Gasteiger charge is 2.17. The van der Waals surface area contributed by atoms with E-state index in [1.54, 1.807) is 12.1 Å². The fourth-order valence-electron chi connectivity index (χ4n) is 1.51. The minimum absolute atomic E-state index is 0.0350. The van der Waals surface area contributed by atoms with Crippen molar-refractivity contribution in [1.29, 1.82) is 0 Å². The van der Waals surface area contributed by atoms with Gasteiger partial charge in [-0.05, 0) is 18.2 Å². The Balaban J connectivity index is 2.43. The Morgan fingerprint density at radius 2 is 2.25 bits per heavy atom. The van der Waals surface area contributed by atoms with Crippen LogP contribution in [0.1, 0.15) is 0 Å². The number of hydrogen-bond donors (Lipinski definition) is 3. The summed E-state index contributed by atoms with van der Waals surface area (Å²) in [6, 6.07) is 6.67. The summed E-state index contributed by atoms with van der Waals surface area (Å²) in [5, 5.41) is 9.03. The number of rotatable bonds is 9. The molecule has 0 bridgehead atoms. The lowest BCUT2D eigenvalue weighted by Crippen LogP contribution is -2.42. The Bertz CT molecular complexity index is 508. The van der Waals surface area contributed by atoms with Crippen molar-refractivity contribution in [1.82, 2.24) is 4.72 Å². The summed E-state index contributed by atoms with van der Waals surface area (Å²) in [4.78, 5) is 0.927. The highest BCUT2D eigenvalue weighted by molar-refractivity contribution is 8.00. The molecule has 4 N–H and O–H groups in total. The summed E-state index contributed by atoms with van der Waals surface area (Å²) in [5.41, 5.74) is 6.30. The van der Waals surface area contributed by atoms with E-state index < -0.39 is 16.1 Å². The normalized spacial score (nSPS) is 13.3. The molecule has 0 saturated heterocycles. The molecule has 8 heteroatoms. The third-order valence-corrected chi connectivity index (χ3v) is 5.10. The lowest BCUT2D eigenvalue weighted by molar-refractivity contribution is 0.139. The second kappa shape index (κ2) is 8.48. The predicted octanol–water partition coefficient (Wildman–Crippen LogP) is 0.288. The molecule has 0 aliphatic heterocycles. The molecule has 0 amide bonds. The number of aliphatic hydroxyl groups excluding tert-OH is 1. The van der Waals surface area contributed by atoms with Crippen LogP contribution in [0.25, 0.3) is 0 Å². The molecule has 0 spiro atoms. The number of nitrogen functional groups attached to an aromatic ring is 1. The lowest BCUT2D eigenvalue weighted by Gasteiger charge is -2.15. The van der Waals surface area contributed by atoms with Gasteiger partial charge in [-0.25, -0.2) is 13.1 Å². The third kappa shape index (κ3) is 6.58. The van der Waals surface area contributed by atoms with Crippen molar-refractivity contribution in [3.8, 4) is 0 Å². The first-order valence-electron chi connectivity index (χ1n) is 6.05. The minimum atomic E-state index is -3.44. The van der Waals surface area contributed by atoms with Crippen molar-refractivity contribution < 1.29 is 18.3 Å². The number of nitrogens with two attached hydrogens (primary N) is 1. The van der Waals surface area contributed by atoms with Gasteiger partial charge in [0.1, 0.15) is 0 Å². The van der Waals surface area contributed by atoms with Crippen LogP contribution in [0.15, 0.2) is 29.2 Å². The SMILES string of the molecule is COCC(CO)NS(=O)(=O)CCSc1cccc(N)c1. The van der Waals surface area contributed by atoms with Crippen LogP contribution in [0, 0.1) is 0 Å². The van der Waals surface area contributed by atoms with Gasteiger partial charge in [0.2, 0.25) is 10.0 Å². The molecule has 0 heterocycles. The summed E-state index contributed by atoms with van der Waals surface area (Å²) >= 11 is 1.42. The fourth-order valence-corrected chi connectivity index (χ4v) is 4.12. The number of methoxy groups -OCH3 is 1. The van der Waals surface area contributed by atoms with E-state index in [2.05, 4.69) is 4.72 Å². The molecule has 114 valence electrons. The molecule has 1 aromatic carbocycles. The highest BCUT2D eigenvalue weighted by atomic mass is 32.2.